The highest BCUT2D eigenvalue weighted by Gasteiger charge is 2.35. The second kappa shape index (κ2) is 8.84. The summed E-state index contributed by atoms with van der Waals surface area (Å²) in [4.78, 5) is 16.0. The van der Waals surface area contributed by atoms with E-state index < -0.39 is 5.92 Å². The predicted octanol–water partition coefficient (Wildman–Crippen LogP) is 1.72. The number of aromatic nitrogens is 1. The van der Waals surface area contributed by atoms with Gasteiger partial charge in [-0.1, -0.05) is 18.2 Å². The van der Waals surface area contributed by atoms with Gasteiger partial charge in [-0.05, 0) is 13.0 Å². The van der Waals surface area contributed by atoms with Gasteiger partial charge in [0.05, 0.1) is 31.8 Å². The Morgan fingerprint density at radius 3 is 2.71 bits per heavy atom. The number of benzene rings is 1. The third-order valence-electron chi connectivity index (χ3n) is 5.88. The first-order chi connectivity index (χ1) is 15.0. The molecule has 1 atom stereocenters. The largest absolute Gasteiger partial charge is 0.496 e. The maximum absolute atomic E-state index is 13.7. The molecule has 2 aliphatic rings. The van der Waals surface area contributed by atoms with Gasteiger partial charge in [0, 0.05) is 43.5 Å². The fourth-order valence-electron chi connectivity index (χ4n) is 4.25. The average molecular weight is 422 g/mol. The summed E-state index contributed by atoms with van der Waals surface area (Å²) in [5, 5.41) is 9.83. The average Bonchev–Trinajstić information content (AvgIpc) is 2.78. The van der Waals surface area contributed by atoms with Crippen LogP contribution in [-0.2, 0) is 11.3 Å². The first-order valence-electron chi connectivity index (χ1n) is 10.3. The molecule has 0 unspecified atom stereocenters. The predicted molar refractivity (Wildman–Crippen MR) is 115 cm³/mol. The summed E-state index contributed by atoms with van der Waals surface area (Å²) < 4.78 is 18.4. The molecule has 0 spiro atoms. The highest BCUT2D eigenvalue weighted by atomic mass is 16.5. The molecule has 162 valence electrons. The normalized spacial score (nSPS) is 18.8. The van der Waals surface area contributed by atoms with Crippen LogP contribution in [-0.4, -0.2) is 49.4 Å². The standard InChI is InChI=1S/C23H26N4O4/c1-15-13-19-21(23(28)27(15)8-7-26-9-11-30-12-10-26)20(17(14-24)22(25)31-19)16-5-3-4-6-18(16)29-2/h3-6,13,20H,7-12,25H2,1-2H3/t20-/m1/s1. The Balaban J connectivity index is 1.81. The van der Waals surface area contributed by atoms with Crippen LogP contribution in [0.4, 0.5) is 0 Å². The van der Waals surface area contributed by atoms with E-state index in [9.17, 15) is 10.1 Å². The highest BCUT2D eigenvalue weighted by Crippen LogP contribution is 2.43. The minimum atomic E-state index is -0.660. The molecular weight excluding hydrogens is 396 g/mol. The summed E-state index contributed by atoms with van der Waals surface area (Å²) in [6.45, 7) is 6.27. The second-order valence-corrected chi connectivity index (χ2v) is 7.64. The van der Waals surface area contributed by atoms with E-state index in [1.54, 1.807) is 17.7 Å². The van der Waals surface area contributed by atoms with Gasteiger partial charge in [-0.15, -0.1) is 0 Å². The lowest BCUT2D eigenvalue weighted by molar-refractivity contribution is 0.0362. The molecule has 8 nitrogen and oxygen atoms in total. The van der Waals surface area contributed by atoms with Crippen LogP contribution in [0.15, 0.2) is 46.6 Å². The zero-order valence-corrected chi connectivity index (χ0v) is 17.8. The highest BCUT2D eigenvalue weighted by molar-refractivity contribution is 5.58. The molecule has 31 heavy (non-hydrogen) atoms. The molecule has 0 amide bonds. The Bertz CT molecular complexity index is 1110. The van der Waals surface area contributed by atoms with Crippen molar-refractivity contribution in [3.63, 3.8) is 0 Å². The monoisotopic (exact) mass is 422 g/mol. The maximum atomic E-state index is 13.7. The Morgan fingerprint density at radius 1 is 1.26 bits per heavy atom. The summed E-state index contributed by atoms with van der Waals surface area (Å²) in [5.74, 6) is 0.321. The lowest BCUT2D eigenvalue weighted by atomic mass is 9.83. The lowest BCUT2D eigenvalue weighted by Crippen LogP contribution is -2.40. The molecule has 0 radical (unpaired) electrons. The van der Waals surface area contributed by atoms with Crippen LogP contribution >= 0.6 is 0 Å². The van der Waals surface area contributed by atoms with E-state index in [0.29, 0.717) is 42.4 Å². The number of para-hydroxylation sites is 1. The smallest absolute Gasteiger partial charge is 0.258 e. The Hall–Kier alpha value is -3.28. The van der Waals surface area contributed by atoms with Gasteiger partial charge < -0.3 is 24.5 Å². The zero-order chi connectivity index (χ0) is 22.0. The lowest BCUT2D eigenvalue weighted by Gasteiger charge is -2.29. The zero-order valence-electron chi connectivity index (χ0n) is 17.8. The molecule has 0 saturated carbocycles. The van der Waals surface area contributed by atoms with Crippen LogP contribution < -0.4 is 20.8 Å². The first-order valence-corrected chi connectivity index (χ1v) is 10.3. The number of nitrogens with two attached hydrogens (primary N) is 1. The number of pyridine rings is 1. The maximum Gasteiger partial charge on any atom is 0.258 e. The summed E-state index contributed by atoms with van der Waals surface area (Å²) in [5.41, 5.74) is 8.00. The Labute approximate surface area is 181 Å². The number of rotatable bonds is 5. The number of ether oxygens (including phenoxy) is 3. The number of aryl methyl sites for hydroxylation is 1. The quantitative estimate of drug-likeness (QED) is 0.783. The van der Waals surface area contributed by atoms with E-state index in [0.717, 1.165) is 25.3 Å². The molecule has 8 heteroatoms. The summed E-state index contributed by atoms with van der Waals surface area (Å²) in [7, 11) is 1.56. The molecule has 0 aliphatic carbocycles. The number of nitriles is 1. The molecule has 1 fully saturated rings. The van der Waals surface area contributed by atoms with Crippen LogP contribution in [0.25, 0.3) is 0 Å². The topological polar surface area (TPSA) is 103 Å². The molecular formula is C23H26N4O4. The van der Waals surface area contributed by atoms with Gasteiger partial charge in [-0.3, -0.25) is 9.69 Å². The number of hydrogen-bond donors (Lipinski definition) is 1. The van der Waals surface area contributed by atoms with Gasteiger partial charge in [0.2, 0.25) is 5.88 Å². The number of morpholine rings is 1. The van der Waals surface area contributed by atoms with E-state index in [-0.39, 0.29) is 17.0 Å². The van der Waals surface area contributed by atoms with Crippen molar-refractivity contribution in [1.29, 1.82) is 5.26 Å². The van der Waals surface area contributed by atoms with Gasteiger partial charge >= 0.3 is 0 Å². The van der Waals surface area contributed by atoms with Crippen molar-refractivity contribution >= 4 is 0 Å². The van der Waals surface area contributed by atoms with E-state index in [4.69, 9.17) is 19.9 Å². The molecule has 0 bridgehead atoms. The first kappa shape index (κ1) is 21.0. The number of methoxy groups -OCH3 is 1. The Kier molecular flexibility index (Phi) is 5.98. The summed E-state index contributed by atoms with van der Waals surface area (Å²) in [6, 6.07) is 11.3. The van der Waals surface area contributed by atoms with Crippen LogP contribution in [0.5, 0.6) is 11.5 Å². The fraction of sp³-hybridized carbons (Fsp3) is 0.391. The molecule has 4 rings (SSSR count). The Morgan fingerprint density at radius 2 is 2.00 bits per heavy atom. The van der Waals surface area contributed by atoms with Crippen molar-refractivity contribution in [3.8, 4) is 17.6 Å². The molecule has 2 aliphatic heterocycles. The van der Waals surface area contributed by atoms with Gasteiger partial charge in [0.25, 0.3) is 5.56 Å². The van der Waals surface area contributed by atoms with Gasteiger partial charge in [-0.2, -0.15) is 5.26 Å². The van der Waals surface area contributed by atoms with Crippen LogP contribution in [0.1, 0.15) is 22.7 Å². The molecule has 1 saturated heterocycles. The summed E-state index contributed by atoms with van der Waals surface area (Å²) in [6.07, 6.45) is 0. The van der Waals surface area contributed by atoms with Crippen molar-refractivity contribution in [3.05, 3.63) is 69.0 Å². The van der Waals surface area contributed by atoms with Crippen molar-refractivity contribution < 1.29 is 14.2 Å². The third kappa shape index (κ3) is 3.90. The van der Waals surface area contributed by atoms with E-state index >= 15 is 0 Å². The minimum Gasteiger partial charge on any atom is -0.496 e. The van der Waals surface area contributed by atoms with Gasteiger partial charge in [0.1, 0.15) is 23.1 Å². The van der Waals surface area contributed by atoms with Gasteiger partial charge in [-0.25, -0.2) is 0 Å². The fourth-order valence-corrected chi connectivity index (χ4v) is 4.25. The summed E-state index contributed by atoms with van der Waals surface area (Å²) >= 11 is 0. The number of allylic oxidation sites excluding steroid dienone is 1. The van der Waals surface area contributed by atoms with Crippen LogP contribution in [0, 0.1) is 18.3 Å². The van der Waals surface area contributed by atoms with E-state index in [2.05, 4.69) is 11.0 Å². The number of hydrogen-bond acceptors (Lipinski definition) is 7. The third-order valence-corrected chi connectivity index (χ3v) is 5.88. The van der Waals surface area contributed by atoms with Crippen LogP contribution in [0.2, 0.25) is 0 Å². The SMILES string of the molecule is COc1ccccc1[C@@H]1C(C#N)=C(N)Oc2cc(C)n(CCN3CCOCC3)c(=O)c21. The van der Waals surface area contributed by atoms with Crippen molar-refractivity contribution in [2.75, 3.05) is 40.0 Å². The van der Waals surface area contributed by atoms with Crippen molar-refractivity contribution in [2.24, 2.45) is 5.73 Å². The molecule has 2 aromatic rings. The molecule has 2 N–H and O–H groups in total. The second-order valence-electron chi connectivity index (χ2n) is 7.64. The van der Waals surface area contributed by atoms with Gasteiger partial charge in [0.15, 0.2) is 0 Å². The number of fused-ring (bicyclic) bond motifs is 1. The molecule has 1 aromatic heterocycles. The molecule has 1 aromatic carbocycles. The minimum absolute atomic E-state index is 0.00997. The number of nitrogens with zero attached hydrogens (tertiary/aromatic N) is 3. The van der Waals surface area contributed by atoms with E-state index in [1.165, 1.54) is 0 Å². The van der Waals surface area contributed by atoms with Crippen LogP contribution in [0.3, 0.4) is 0 Å². The van der Waals surface area contributed by atoms with Crippen molar-refractivity contribution in [1.82, 2.24) is 9.47 Å². The van der Waals surface area contributed by atoms with Crippen molar-refractivity contribution in [2.45, 2.75) is 19.4 Å². The van der Waals surface area contributed by atoms with E-state index in [1.807, 2.05) is 31.2 Å². The molecule has 3 heterocycles.